The largest absolute Gasteiger partial charge is 0.461 e. The predicted octanol–water partition coefficient (Wildman–Crippen LogP) is 3.33. The van der Waals surface area contributed by atoms with Crippen LogP contribution in [0.3, 0.4) is 0 Å². The van der Waals surface area contributed by atoms with Crippen molar-refractivity contribution in [1.29, 1.82) is 0 Å². The van der Waals surface area contributed by atoms with E-state index in [-0.39, 0.29) is 33.8 Å². The maximum Gasteiger partial charge on any atom is 0.359 e. The molecular weight excluding hydrogens is 409 g/mol. The van der Waals surface area contributed by atoms with Gasteiger partial charge in [-0.3, -0.25) is 9.59 Å². The van der Waals surface area contributed by atoms with Gasteiger partial charge in [-0.05, 0) is 32.0 Å². The summed E-state index contributed by atoms with van der Waals surface area (Å²) in [7, 11) is 0. The SMILES string of the molecule is CCOC(=O)c1nn(-c2cccc(F)c2)c(=O)c2c(NC(=O)C(C)Cl)scc12. The standard InChI is InChI=1S/C18H15ClFN3O4S/c1-3-27-18(26)14-12-8-28-16(21-15(24)9(2)19)13(12)17(25)23(22-14)11-6-4-5-10(20)7-11/h4-9H,3H2,1-2H3,(H,21,24). The Hall–Kier alpha value is -2.78. The normalized spacial score (nSPS) is 12.0. The Morgan fingerprint density at radius 2 is 2.18 bits per heavy atom. The highest BCUT2D eigenvalue weighted by atomic mass is 35.5. The molecule has 0 fully saturated rings. The number of hydrogen-bond acceptors (Lipinski definition) is 6. The molecule has 0 spiro atoms. The van der Waals surface area contributed by atoms with Crippen LogP contribution in [0.2, 0.25) is 0 Å². The van der Waals surface area contributed by atoms with Crippen molar-refractivity contribution in [2.45, 2.75) is 19.2 Å². The summed E-state index contributed by atoms with van der Waals surface area (Å²) in [5.41, 5.74) is -0.601. The summed E-state index contributed by atoms with van der Waals surface area (Å²) in [5.74, 6) is -1.81. The molecule has 0 aliphatic carbocycles. The van der Waals surface area contributed by atoms with Crippen molar-refractivity contribution in [3.05, 3.63) is 51.5 Å². The number of esters is 1. The van der Waals surface area contributed by atoms with Crippen molar-refractivity contribution in [1.82, 2.24) is 9.78 Å². The number of carbonyl (C=O) groups is 2. The van der Waals surface area contributed by atoms with Crippen LogP contribution in [-0.4, -0.2) is 33.6 Å². The van der Waals surface area contributed by atoms with Crippen LogP contribution >= 0.6 is 22.9 Å². The molecule has 0 bridgehead atoms. The number of ether oxygens (including phenoxy) is 1. The van der Waals surface area contributed by atoms with E-state index >= 15 is 0 Å². The van der Waals surface area contributed by atoms with Crippen LogP contribution in [0, 0.1) is 5.82 Å². The van der Waals surface area contributed by atoms with Crippen molar-refractivity contribution in [2.75, 3.05) is 11.9 Å². The van der Waals surface area contributed by atoms with E-state index in [1.165, 1.54) is 30.5 Å². The zero-order valence-corrected chi connectivity index (χ0v) is 16.4. The van der Waals surface area contributed by atoms with E-state index in [4.69, 9.17) is 16.3 Å². The minimum absolute atomic E-state index is 0.0676. The second-order valence-corrected chi connectivity index (χ2v) is 7.26. The highest BCUT2D eigenvalue weighted by Crippen LogP contribution is 2.31. The lowest BCUT2D eigenvalue weighted by atomic mass is 10.2. The zero-order valence-electron chi connectivity index (χ0n) is 14.9. The summed E-state index contributed by atoms with van der Waals surface area (Å²) < 4.78 is 19.6. The van der Waals surface area contributed by atoms with Gasteiger partial charge in [0.05, 0.1) is 17.7 Å². The fraction of sp³-hybridized carbons (Fsp3) is 0.222. The molecule has 1 aromatic carbocycles. The third kappa shape index (κ3) is 3.76. The molecule has 1 atom stereocenters. The average Bonchev–Trinajstić information content (AvgIpc) is 3.06. The van der Waals surface area contributed by atoms with Crippen molar-refractivity contribution >= 4 is 50.6 Å². The Kier molecular flexibility index (Phi) is 5.76. The fourth-order valence-electron chi connectivity index (χ4n) is 2.49. The molecule has 0 saturated carbocycles. The third-order valence-corrected chi connectivity index (χ3v) is 4.87. The number of alkyl halides is 1. The van der Waals surface area contributed by atoms with Crippen molar-refractivity contribution in [3.63, 3.8) is 0 Å². The number of fused-ring (bicyclic) bond motifs is 1. The van der Waals surface area contributed by atoms with Gasteiger partial charge in [-0.2, -0.15) is 9.78 Å². The molecule has 2 aromatic heterocycles. The van der Waals surface area contributed by atoms with Gasteiger partial charge in [0.2, 0.25) is 5.91 Å². The van der Waals surface area contributed by atoms with Gasteiger partial charge in [0.1, 0.15) is 16.2 Å². The Morgan fingerprint density at radius 3 is 2.82 bits per heavy atom. The molecule has 10 heteroatoms. The molecule has 146 valence electrons. The Bertz CT molecular complexity index is 1130. The maximum atomic E-state index is 13.7. The molecule has 1 amide bonds. The summed E-state index contributed by atoms with van der Waals surface area (Å²) >= 11 is 6.84. The molecule has 28 heavy (non-hydrogen) atoms. The Balaban J connectivity index is 2.29. The first-order valence-electron chi connectivity index (χ1n) is 8.26. The lowest BCUT2D eigenvalue weighted by Crippen LogP contribution is -2.26. The second kappa shape index (κ2) is 8.07. The number of benzene rings is 1. The van der Waals surface area contributed by atoms with Crippen molar-refractivity contribution < 1.29 is 18.7 Å². The summed E-state index contributed by atoms with van der Waals surface area (Å²) in [6, 6.07) is 5.22. The highest BCUT2D eigenvalue weighted by Gasteiger charge is 2.23. The number of aromatic nitrogens is 2. The summed E-state index contributed by atoms with van der Waals surface area (Å²) in [5, 5.41) is 7.89. The number of rotatable bonds is 5. The summed E-state index contributed by atoms with van der Waals surface area (Å²) in [4.78, 5) is 37.4. The summed E-state index contributed by atoms with van der Waals surface area (Å²) in [6.45, 7) is 3.24. The van der Waals surface area contributed by atoms with Gasteiger partial charge in [0.15, 0.2) is 5.69 Å². The average molecular weight is 424 g/mol. The van der Waals surface area contributed by atoms with E-state index in [0.29, 0.717) is 0 Å². The van der Waals surface area contributed by atoms with E-state index in [9.17, 15) is 18.8 Å². The monoisotopic (exact) mass is 423 g/mol. The number of halogens is 2. The van der Waals surface area contributed by atoms with Gasteiger partial charge in [-0.15, -0.1) is 22.9 Å². The molecule has 2 heterocycles. The topological polar surface area (TPSA) is 90.3 Å². The predicted molar refractivity (Wildman–Crippen MR) is 105 cm³/mol. The highest BCUT2D eigenvalue weighted by molar-refractivity contribution is 7.16. The fourth-order valence-corrected chi connectivity index (χ4v) is 3.48. The van der Waals surface area contributed by atoms with Gasteiger partial charge in [-0.25, -0.2) is 9.18 Å². The number of anilines is 1. The van der Waals surface area contributed by atoms with E-state index in [1.54, 1.807) is 6.92 Å². The molecular formula is C18H15ClFN3O4S. The Labute approximate surface area is 167 Å². The number of hydrogen-bond donors (Lipinski definition) is 1. The van der Waals surface area contributed by atoms with Crippen LogP contribution in [-0.2, 0) is 9.53 Å². The molecule has 7 nitrogen and oxygen atoms in total. The molecule has 3 rings (SSSR count). The number of carbonyl (C=O) groups excluding carboxylic acids is 2. The number of nitrogens with zero attached hydrogens (tertiary/aromatic N) is 2. The molecule has 0 aliphatic rings. The first-order chi connectivity index (χ1) is 13.3. The number of amides is 1. The van der Waals surface area contributed by atoms with Crippen LogP contribution in [0.5, 0.6) is 0 Å². The van der Waals surface area contributed by atoms with E-state index < -0.39 is 28.6 Å². The van der Waals surface area contributed by atoms with Crippen LogP contribution in [0.25, 0.3) is 16.5 Å². The smallest absolute Gasteiger partial charge is 0.359 e. The maximum absolute atomic E-state index is 13.7. The third-order valence-electron chi connectivity index (χ3n) is 3.77. The quantitative estimate of drug-likeness (QED) is 0.502. The van der Waals surface area contributed by atoms with Gasteiger partial charge >= 0.3 is 5.97 Å². The molecule has 0 aliphatic heterocycles. The summed E-state index contributed by atoms with van der Waals surface area (Å²) in [6.07, 6.45) is 0. The minimum Gasteiger partial charge on any atom is -0.461 e. The van der Waals surface area contributed by atoms with Gasteiger partial charge in [-0.1, -0.05) is 6.07 Å². The van der Waals surface area contributed by atoms with Gasteiger partial charge in [0.25, 0.3) is 5.56 Å². The molecule has 1 N–H and O–H groups in total. The molecule has 3 aromatic rings. The minimum atomic E-state index is -0.825. The molecule has 0 saturated heterocycles. The van der Waals surface area contributed by atoms with E-state index in [2.05, 4.69) is 10.4 Å². The number of nitrogens with one attached hydrogen (secondary N) is 1. The lowest BCUT2D eigenvalue weighted by Gasteiger charge is -2.10. The second-order valence-electron chi connectivity index (χ2n) is 5.72. The van der Waals surface area contributed by atoms with Gasteiger partial charge in [0, 0.05) is 10.8 Å². The van der Waals surface area contributed by atoms with Gasteiger partial charge < -0.3 is 10.1 Å². The van der Waals surface area contributed by atoms with Crippen LogP contribution < -0.4 is 10.9 Å². The zero-order chi connectivity index (χ0) is 20.4. The van der Waals surface area contributed by atoms with Crippen LogP contribution in [0.4, 0.5) is 9.39 Å². The van der Waals surface area contributed by atoms with Crippen LogP contribution in [0.15, 0.2) is 34.4 Å². The van der Waals surface area contributed by atoms with Crippen LogP contribution in [0.1, 0.15) is 24.3 Å². The van der Waals surface area contributed by atoms with E-state index in [1.807, 2.05) is 0 Å². The first-order valence-corrected chi connectivity index (χ1v) is 9.57. The Morgan fingerprint density at radius 1 is 1.43 bits per heavy atom. The first kappa shape index (κ1) is 20.0. The van der Waals surface area contributed by atoms with Crippen molar-refractivity contribution in [2.24, 2.45) is 0 Å². The number of thiophene rings is 1. The van der Waals surface area contributed by atoms with E-state index in [0.717, 1.165) is 22.1 Å². The van der Waals surface area contributed by atoms with Crippen molar-refractivity contribution in [3.8, 4) is 5.69 Å². The molecule has 1 unspecified atom stereocenters. The molecule has 0 radical (unpaired) electrons. The lowest BCUT2D eigenvalue weighted by molar-refractivity contribution is -0.115.